The van der Waals surface area contributed by atoms with Crippen LogP contribution in [-0.2, 0) is 0 Å². The van der Waals surface area contributed by atoms with Gasteiger partial charge in [0.15, 0.2) is 4.77 Å². The van der Waals surface area contributed by atoms with Gasteiger partial charge in [-0.1, -0.05) is 18.0 Å². The van der Waals surface area contributed by atoms with Crippen LogP contribution in [0.15, 0.2) is 12.1 Å². The highest BCUT2D eigenvalue weighted by atomic mass is 35.5. The summed E-state index contributed by atoms with van der Waals surface area (Å²) in [5, 5.41) is 0.137. The number of nitrogens with zero attached hydrogens (tertiary/aromatic N) is 1. The van der Waals surface area contributed by atoms with Gasteiger partial charge < -0.3 is 9.55 Å². The summed E-state index contributed by atoms with van der Waals surface area (Å²) in [6, 6.07) is 3.45. The second-order valence-corrected chi connectivity index (χ2v) is 7.46. The van der Waals surface area contributed by atoms with E-state index < -0.39 is 0 Å². The van der Waals surface area contributed by atoms with E-state index in [2.05, 4.69) is 16.5 Å². The Morgan fingerprint density at radius 2 is 2.19 bits per heavy atom. The van der Waals surface area contributed by atoms with Crippen molar-refractivity contribution in [2.75, 3.05) is 0 Å². The van der Waals surface area contributed by atoms with Crippen LogP contribution in [0.5, 0.6) is 0 Å². The summed E-state index contributed by atoms with van der Waals surface area (Å²) in [5.74, 6) is 1.99. The number of aromatic nitrogens is 2. The minimum Gasteiger partial charge on any atom is -0.331 e. The highest BCUT2D eigenvalue weighted by Crippen LogP contribution is 2.52. The van der Waals surface area contributed by atoms with E-state index in [0.29, 0.717) is 16.7 Å². The van der Waals surface area contributed by atoms with Crippen molar-refractivity contribution >= 4 is 34.9 Å². The fourth-order valence-electron chi connectivity index (χ4n) is 4.60. The van der Waals surface area contributed by atoms with Crippen molar-refractivity contribution < 1.29 is 4.39 Å². The number of hydrogen-bond donors (Lipinski definition) is 1. The zero-order chi connectivity index (χ0) is 14.7. The predicted octanol–water partition coefficient (Wildman–Crippen LogP) is 5.49. The SMILES string of the molecule is CC(C1CC2CCC1C2)n1c(=S)[nH]c2cc(Cl)c(F)cc21. The molecule has 1 aromatic heterocycles. The Labute approximate surface area is 133 Å². The van der Waals surface area contributed by atoms with E-state index in [1.165, 1.54) is 31.7 Å². The Kier molecular flexibility index (Phi) is 3.16. The van der Waals surface area contributed by atoms with Crippen LogP contribution in [0.1, 0.15) is 38.6 Å². The van der Waals surface area contributed by atoms with Crippen molar-refractivity contribution in [1.82, 2.24) is 9.55 Å². The molecule has 2 saturated carbocycles. The van der Waals surface area contributed by atoms with Crippen molar-refractivity contribution in [2.24, 2.45) is 17.8 Å². The van der Waals surface area contributed by atoms with Gasteiger partial charge in [-0.05, 0) is 62.2 Å². The molecule has 2 nitrogen and oxygen atoms in total. The molecule has 1 heterocycles. The molecule has 2 aromatic rings. The maximum atomic E-state index is 13.8. The molecule has 21 heavy (non-hydrogen) atoms. The van der Waals surface area contributed by atoms with E-state index >= 15 is 0 Å². The lowest BCUT2D eigenvalue weighted by atomic mass is 9.84. The molecule has 4 unspecified atom stereocenters. The Balaban J connectivity index is 1.80. The summed E-state index contributed by atoms with van der Waals surface area (Å²) in [6.45, 7) is 2.22. The van der Waals surface area contributed by atoms with Gasteiger partial charge in [-0.25, -0.2) is 4.39 Å². The molecule has 4 rings (SSSR count). The monoisotopic (exact) mass is 324 g/mol. The van der Waals surface area contributed by atoms with Crippen molar-refractivity contribution in [3.8, 4) is 0 Å². The number of rotatable bonds is 2. The third-order valence-corrected chi connectivity index (χ3v) is 6.17. The maximum Gasteiger partial charge on any atom is 0.178 e. The van der Waals surface area contributed by atoms with Crippen molar-refractivity contribution in [2.45, 2.75) is 38.6 Å². The molecule has 2 aliphatic rings. The summed E-state index contributed by atoms with van der Waals surface area (Å²) >= 11 is 11.3. The number of nitrogens with one attached hydrogen (secondary N) is 1. The standard InChI is InChI=1S/C16H18ClFN2S/c1-8(11-5-9-2-3-10(11)4-9)20-15-7-13(18)12(17)6-14(15)19-16(20)21/h6-11H,2-5H2,1H3,(H,19,21). The molecule has 1 N–H and O–H groups in total. The maximum absolute atomic E-state index is 13.8. The normalized spacial score (nSPS) is 29.4. The molecular formula is C16H18ClFN2S. The lowest BCUT2D eigenvalue weighted by Crippen LogP contribution is -2.22. The zero-order valence-corrected chi connectivity index (χ0v) is 13.5. The van der Waals surface area contributed by atoms with Gasteiger partial charge in [-0.3, -0.25) is 0 Å². The molecule has 2 aliphatic carbocycles. The molecular weight excluding hydrogens is 307 g/mol. The second kappa shape index (κ2) is 4.82. The molecule has 0 saturated heterocycles. The Morgan fingerprint density at radius 3 is 2.86 bits per heavy atom. The van der Waals surface area contributed by atoms with Crippen LogP contribution in [0.2, 0.25) is 5.02 Å². The first-order valence-electron chi connectivity index (χ1n) is 7.64. The van der Waals surface area contributed by atoms with Crippen LogP contribution >= 0.6 is 23.8 Å². The van der Waals surface area contributed by atoms with Crippen molar-refractivity contribution in [1.29, 1.82) is 0 Å². The summed E-state index contributed by atoms with van der Waals surface area (Å²) in [7, 11) is 0. The van der Waals surface area contributed by atoms with Gasteiger partial charge in [0.1, 0.15) is 5.82 Å². The van der Waals surface area contributed by atoms with E-state index in [-0.39, 0.29) is 10.8 Å². The second-order valence-electron chi connectivity index (χ2n) is 6.66. The molecule has 1 aromatic carbocycles. The number of halogens is 2. The van der Waals surface area contributed by atoms with E-state index in [0.717, 1.165) is 22.9 Å². The first-order valence-corrected chi connectivity index (χ1v) is 8.42. The van der Waals surface area contributed by atoms with Crippen LogP contribution in [0.3, 0.4) is 0 Å². The van der Waals surface area contributed by atoms with Gasteiger partial charge >= 0.3 is 0 Å². The Morgan fingerprint density at radius 1 is 1.38 bits per heavy atom. The summed E-state index contributed by atoms with van der Waals surface area (Å²) in [4.78, 5) is 3.17. The van der Waals surface area contributed by atoms with Crippen LogP contribution in [0.25, 0.3) is 11.0 Å². The van der Waals surface area contributed by atoms with Crippen molar-refractivity contribution in [3.63, 3.8) is 0 Å². The minimum atomic E-state index is -0.382. The molecule has 2 fully saturated rings. The summed E-state index contributed by atoms with van der Waals surface area (Å²) in [6.07, 6.45) is 5.38. The lowest BCUT2D eigenvalue weighted by molar-refractivity contribution is 0.245. The number of benzene rings is 1. The molecule has 0 spiro atoms. The van der Waals surface area contributed by atoms with E-state index in [1.807, 2.05) is 0 Å². The van der Waals surface area contributed by atoms with Gasteiger partial charge in [0.2, 0.25) is 0 Å². The highest BCUT2D eigenvalue weighted by Gasteiger charge is 2.42. The average molecular weight is 325 g/mol. The largest absolute Gasteiger partial charge is 0.331 e. The van der Waals surface area contributed by atoms with E-state index in [4.69, 9.17) is 23.8 Å². The first kappa shape index (κ1) is 13.8. The summed E-state index contributed by atoms with van der Waals surface area (Å²) in [5.41, 5.74) is 1.65. The average Bonchev–Trinajstić information content (AvgIpc) is 3.12. The molecule has 5 heteroatoms. The number of aromatic amines is 1. The Bertz CT molecular complexity index is 765. The van der Waals surface area contributed by atoms with Crippen LogP contribution in [0.4, 0.5) is 4.39 Å². The van der Waals surface area contributed by atoms with E-state index in [9.17, 15) is 4.39 Å². The lowest BCUT2D eigenvalue weighted by Gasteiger charge is -2.29. The predicted molar refractivity (Wildman–Crippen MR) is 85.7 cm³/mol. The number of hydrogen-bond acceptors (Lipinski definition) is 1. The minimum absolute atomic E-state index is 0.137. The first-order chi connectivity index (χ1) is 10.0. The molecule has 0 radical (unpaired) electrons. The van der Waals surface area contributed by atoms with E-state index in [1.54, 1.807) is 6.07 Å². The quantitative estimate of drug-likeness (QED) is 0.724. The zero-order valence-electron chi connectivity index (χ0n) is 11.9. The molecule has 0 aliphatic heterocycles. The number of imidazole rings is 1. The van der Waals surface area contributed by atoms with Crippen LogP contribution < -0.4 is 0 Å². The summed E-state index contributed by atoms with van der Waals surface area (Å²) < 4.78 is 16.6. The van der Waals surface area contributed by atoms with Crippen LogP contribution in [0, 0.1) is 28.3 Å². The highest BCUT2D eigenvalue weighted by molar-refractivity contribution is 7.71. The number of H-pyrrole nitrogens is 1. The van der Waals surface area contributed by atoms with Crippen molar-refractivity contribution in [3.05, 3.63) is 27.7 Å². The molecule has 112 valence electrons. The van der Waals surface area contributed by atoms with Gasteiger partial charge in [0, 0.05) is 12.1 Å². The van der Waals surface area contributed by atoms with Gasteiger partial charge in [0.25, 0.3) is 0 Å². The third-order valence-electron chi connectivity index (χ3n) is 5.58. The molecule has 0 amide bonds. The number of fused-ring (bicyclic) bond motifs is 3. The topological polar surface area (TPSA) is 20.7 Å². The fourth-order valence-corrected chi connectivity index (χ4v) is 5.14. The smallest absolute Gasteiger partial charge is 0.178 e. The van der Waals surface area contributed by atoms with Gasteiger partial charge in [0.05, 0.1) is 16.1 Å². The molecule has 4 atom stereocenters. The third kappa shape index (κ3) is 2.07. The van der Waals surface area contributed by atoms with Gasteiger partial charge in [-0.2, -0.15) is 0 Å². The van der Waals surface area contributed by atoms with Gasteiger partial charge in [-0.15, -0.1) is 0 Å². The molecule has 2 bridgehead atoms. The Hall–Kier alpha value is -0.870. The fraction of sp³-hybridized carbons (Fsp3) is 0.562. The van der Waals surface area contributed by atoms with Crippen LogP contribution in [-0.4, -0.2) is 9.55 Å².